The number of fused-ring (bicyclic) bond motifs is 1. The predicted molar refractivity (Wildman–Crippen MR) is 110 cm³/mol. The fourth-order valence-electron chi connectivity index (χ4n) is 2.53. The number of aromatic nitrogens is 3. The van der Waals surface area contributed by atoms with Crippen LogP contribution in [0.2, 0.25) is 0 Å². The van der Waals surface area contributed by atoms with Crippen LogP contribution in [0.4, 0.5) is 4.79 Å². The number of sulfonamides is 1. The molecule has 2 N–H and O–H groups in total. The van der Waals surface area contributed by atoms with Crippen molar-refractivity contribution >= 4 is 39.4 Å². The Labute approximate surface area is 174 Å². The molecule has 2 aromatic heterocycles. The van der Waals surface area contributed by atoms with Crippen molar-refractivity contribution in [3.63, 3.8) is 0 Å². The molecule has 0 bridgehead atoms. The molecule has 0 aromatic carbocycles. The van der Waals surface area contributed by atoms with Crippen molar-refractivity contribution in [1.29, 1.82) is 0 Å². The minimum atomic E-state index is -3.63. The topological polar surface area (TPSA) is 126 Å². The summed E-state index contributed by atoms with van der Waals surface area (Å²) < 4.78 is 28.3. The molecular formula is C17H26N6O4S2. The number of urea groups is 1. The fraction of sp³-hybridized carbons (Fsp3) is 0.529. The summed E-state index contributed by atoms with van der Waals surface area (Å²) >= 11 is 1.06. The van der Waals surface area contributed by atoms with Gasteiger partial charge in [-0.15, -0.1) is 10.2 Å². The number of amides is 3. The maximum absolute atomic E-state index is 12.7. The van der Waals surface area contributed by atoms with Gasteiger partial charge in [0.05, 0.1) is 10.6 Å². The van der Waals surface area contributed by atoms with Gasteiger partial charge in [-0.05, 0) is 18.6 Å². The highest BCUT2D eigenvalue weighted by atomic mass is 32.2. The van der Waals surface area contributed by atoms with E-state index in [9.17, 15) is 18.0 Å². The summed E-state index contributed by atoms with van der Waals surface area (Å²) in [6.45, 7) is 6.78. The van der Waals surface area contributed by atoms with E-state index in [0.717, 1.165) is 24.6 Å². The van der Waals surface area contributed by atoms with Crippen molar-refractivity contribution in [1.82, 2.24) is 29.5 Å². The van der Waals surface area contributed by atoms with Crippen LogP contribution in [0.3, 0.4) is 0 Å². The Balaban J connectivity index is 2.09. The van der Waals surface area contributed by atoms with Gasteiger partial charge in [0.15, 0.2) is 10.8 Å². The lowest BCUT2D eigenvalue weighted by Gasteiger charge is -2.18. The number of hydrogen-bond donors (Lipinski definition) is 2. The molecule has 0 spiro atoms. The Bertz CT molecular complexity index is 956. The van der Waals surface area contributed by atoms with Crippen molar-refractivity contribution in [2.75, 3.05) is 25.4 Å². The van der Waals surface area contributed by atoms with E-state index in [1.165, 1.54) is 21.0 Å². The third-order valence-electron chi connectivity index (χ3n) is 4.09. The molecule has 0 aliphatic heterocycles. The number of nitrogens with zero attached hydrogens (tertiary/aromatic N) is 4. The Morgan fingerprint density at radius 1 is 1.17 bits per heavy atom. The van der Waals surface area contributed by atoms with Crippen molar-refractivity contribution in [3.8, 4) is 0 Å². The van der Waals surface area contributed by atoms with Crippen molar-refractivity contribution < 1.29 is 18.0 Å². The van der Waals surface area contributed by atoms with Gasteiger partial charge in [-0.2, -0.15) is 4.31 Å². The number of nitrogens with one attached hydrogen (secondary N) is 2. The molecule has 160 valence electrons. The molecule has 0 radical (unpaired) electrons. The molecule has 0 saturated carbocycles. The first kappa shape index (κ1) is 23.1. The number of imide groups is 1. The SMILES string of the molecule is CCCCNC(=O)NC(=O)CSc1nnc2ccc(S(=O)(=O)N(CC)CC)cn12. The largest absolute Gasteiger partial charge is 0.338 e. The Morgan fingerprint density at radius 2 is 1.90 bits per heavy atom. The summed E-state index contributed by atoms with van der Waals surface area (Å²) in [5.74, 6) is -0.540. The third-order valence-corrected chi connectivity index (χ3v) is 7.06. The number of carbonyl (C=O) groups excluding carboxylic acids is 2. The molecule has 10 nitrogen and oxygen atoms in total. The van der Waals surface area contributed by atoms with E-state index < -0.39 is 22.0 Å². The number of unbranched alkanes of at least 4 members (excludes halogenated alkanes) is 1. The van der Waals surface area contributed by atoms with Crippen molar-refractivity contribution in [2.45, 2.75) is 43.7 Å². The molecule has 2 aromatic rings. The molecule has 0 fully saturated rings. The Morgan fingerprint density at radius 3 is 2.55 bits per heavy atom. The molecule has 0 atom stereocenters. The number of thioether (sulfide) groups is 1. The molecule has 0 aliphatic carbocycles. The zero-order valence-corrected chi connectivity index (χ0v) is 18.3. The van der Waals surface area contributed by atoms with Gasteiger partial charge in [0.25, 0.3) is 0 Å². The van der Waals surface area contributed by atoms with E-state index in [2.05, 4.69) is 20.8 Å². The van der Waals surface area contributed by atoms with Crippen LogP contribution in [-0.2, 0) is 14.8 Å². The molecule has 0 unspecified atom stereocenters. The van der Waals surface area contributed by atoms with Crippen molar-refractivity contribution in [3.05, 3.63) is 18.3 Å². The lowest BCUT2D eigenvalue weighted by atomic mass is 10.3. The van der Waals surface area contributed by atoms with Gasteiger partial charge in [-0.25, -0.2) is 13.2 Å². The van der Waals surface area contributed by atoms with Gasteiger partial charge in [0, 0.05) is 25.8 Å². The summed E-state index contributed by atoms with van der Waals surface area (Å²) in [6, 6.07) is 2.51. The predicted octanol–water partition coefficient (Wildman–Crippen LogP) is 1.48. The lowest BCUT2D eigenvalue weighted by Crippen LogP contribution is -2.40. The summed E-state index contributed by atoms with van der Waals surface area (Å²) in [5.41, 5.74) is 0.462. The smallest absolute Gasteiger partial charge is 0.321 e. The fourth-order valence-corrected chi connectivity index (χ4v) is 4.70. The van der Waals surface area contributed by atoms with Crippen LogP contribution >= 0.6 is 11.8 Å². The van der Waals surface area contributed by atoms with E-state index in [-0.39, 0.29) is 10.6 Å². The Kier molecular flexibility index (Phi) is 8.41. The van der Waals surface area contributed by atoms with Crippen LogP contribution in [0.1, 0.15) is 33.6 Å². The molecule has 29 heavy (non-hydrogen) atoms. The van der Waals surface area contributed by atoms with Gasteiger partial charge in [-0.3, -0.25) is 14.5 Å². The molecule has 2 heterocycles. The van der Waals surface area contributed by atoms with E-state index in [1.807, 2.05) is 6.92 Å². The van der Waals surface area contributed by atoms with Crippen LogP contribution < -0.4 is 10.6 Å². The van der Waals surface area contributed by atoms with Crippen LogP contribution in [0.25, 0.3) is 5.65 Å². The second kappa shape index (κ2) is 10.6. The van der Waals surface area contributed by atoms with Gasteiger partial charge in [0.1, 0.15) is 0 Å². The van der Waals surface area contributed by atoms with Crippen LogP contribution in [0.5, 0.6) is 0 Å². The zero-order chi connectivity index (χ0) is 21.4. The third kappa shape index (κ3) is 5.90. The number of carbonyl (C=O) groups is 2. The zero-order valence-electron chi connectivity index (χ0n) is 16.7. The maximum Gasteiger partial charge on any atom is 0.321 e. The van der Waals surface area contributed by atoms with Crippen LogP contribution in [0.15, 0.2) is 28.4 Å². The highest BCUT2D eigenvalue weighted by Gasteiger charge is 2.23. The molecule has 3 amide bonds. The lowest BCUT2D eigenvalue weighted by molar-refractivity contribution is -0.117. The molecular weight excluding hydrogens is 416 g/mol. The summed E-state index contributed by atoms with van der Waals surface area (Å²) in [4.78, 5) is 23.7. The van der Waals surface area contributed by atoms with Gasteiger partial charge >= 0.3 is 6.03 Å². The van der Waals surface area contributed by atoms with Gasteiger partial charge in [0.2, 0.25) is 15.9 Å². The first-order chi connectivity index (χ1) is 13.8. The van der Waals surface area contributed by atoms with E-state index in [1.54, 1.807) is 19.9 Å². The summed E-state index contributed by atoms with van der Waals surface area (Å²) in [7, 11) is -3.63. The van der Waals surface area contributed by atoms with Gasteiger partial charge in [-0.1, -0.05) is 39.0 Å². The number of rotatable bonds is 10. The molecule has 2 rings (SSSR count). The standard InChI is InChI=1S/C17H26N6O4S2/c1-4-7-10-18-16(25)19-15(24)12-28-17-21-20-14-9-8-13(11-23(14)17)29(26,27)22(5-2)6-3/h8-9,11H,4-7,10,12H2,1-3H3,(H2,18,19,24,25). The number of pyridine rings is 1. The van der Waals surface area contributed by atoms with Crippen molar-refractivity contribution in [2.24, 2.45) is 0 Å². The number of hydrogen-bond acceptors (Lipinski definition) is 7. The van der Waals surface area contributed by atoms with E-state index in [4.69, 9.17) is 0 Å². The first-order valence-electron chi connectivity index (χ1n) is 9.38. The second-order valence-corrected chi connectivity index (χ2v) is 8.99. The Hall–Kier alpha value is -2.18. The highest BCUT2D eigenvalue weighted by molar-refractivity contribution is 7.99. The van der Waals surface area contributed by atoms with E-state index >= 15 is 0 Å². The summed E-state index contributed by atoms with van der Waals surface area (Å²) in [5, 5.41) is 13.2. The van der Waals surface area contributed by atoms with Crippen LogP contribution in [0, 0.1) is 0 Å². The minimum Gasteiger partial charge on any atom is -0.338 e. The average molecular weight is 443 g/mol. The normalized spacial score (nSPS) is 11.7. The molecule has 0 saturated heterocycles. The quantitative estimate of drug-likeness (QED) is 0.421. The first-order valence-corrected chi connectivity index (χ1v) is 11.8. The molecule has 12 heteroatoms. The highest BCUT2D eigenvalue weighted by Crippen LogP contribution is 2.21. The average Bonchev–Trinajstić information content (AvgIpc) is 3.09. The molecule has 0 aliphatic rings. The summed E-state index contributed by atoms with van der Waals surface area (Å²) in [6.07, 6.45) is 3.22. The van der Waals surface area contributed by atoms with Gasteiger partial charge < -0.3 is 5.32 Å². The second-order valence-electron chi connectivity index (χ2n) is 6.11. The van der Waals surface area contributed by atoms with E-state index in [0.29, 0.717) is 30.4 Å². The van der Waals surface area contributed by atoms with Crippen LogP contribution in [-0.4, -0.2) is 64.6 Å². The minimum absolute atomic E-state index is 0.0605. The maximum atomic E-state index is 12.7. The monoisotopic (exact) mass is 442 g/mol.